The summed E-state index contributed by atoms with van der Waals surface area (Å²) in [5.74, 6) is 0. The molecule has 0 aromatic heterocycles. The topological polar surface area (TPSA) is 17.1 Å². The van der Waals surface area contributed by atoms with Crippen LogP contribution in [-0.2, 0) is 4.79 Å². The Balaban J connectivity index is 3.91. The molecule has 0 unspecified atom stereocenters. The van der Waals surface area contributed by atoms with Crippen molar-refractivity contribution >= 4 is 16.8 Å². The van der Waals surface area contributed by atoms with Gasteiger partial charge in [0.15, 0.2) is 0 Å². The molecular weight excluding hydrogens is 148 g/mol. The Morgan fingerprint density at radius 3 is 2.40 bits per heavy atom. The first-order chi connectivity index (χ1) is 4.72. The lowest BCUT2D eigenvalue weighted by molar-refractivity contribution is -0.108. The van der Waals surface area contributed by atoms with E-state index in [-0.39, 0.29) is 5.24 Å². The van der Waals surface area contributed by atoms with Crippen molar-refractivity contribution in [1.29, 1.82) is 0 Å². The molecule has 0 aromatic rings. The fourth-order valence-electron chi connectivity index (χ4n) is 0.682. The third-order valence-electron chi connectivity index (χ3n) is 1.31. The molecular formula is C8H13ClO. The second kappa shape index (κ2) is 5.48. The third kappa shape index (κ3) is 3.67. The second-order valence-electron chi connectivity index (χ2n) is 2.15. The minimum absolute atomic E-state index is 0.309. The van der Waals surface area contributed by atoms with Crippen LogP contribution in [0.15, 0.2) is 11.6 Å². The Morgan fingerprint density at radius 1 is 1.50 bits per heavy atom. The molecule has 2 heteroatoms. The highest BCUT2D eigenvalue weighted by Gasteiger charge is 2.00. The summed E-state index contributed by atoms with van der Waals surface area (Å²) >= 11 is 5.27. The molecule has 0 heterocycles. The zero-order valence-electron chi connectivity index (χ0n) is 6.48. The van der Waals surface area contributed by atoms with Crippen LogP contribution in [0.3, 0.4) is 0 Å². The van der Waals surface area contributed by atoms with E-state index < -0.39 is 0 Å². The van der Waals surface area contributed by atoms with E-state index >= 15 is 0 Å². The lowest BCUT2D eigenvalue weighted by Gasteiger charge is -1.94. The summed E-state index contributed by atoms with van der Waals surface area (Å²) in [5.41, 5.74) is 0.739. The van der Waals surface area contributed by atoms with E-state index in [2.05, 4.69) is 6.92 Å². The van der Waals surface area contributed by atoms with Gasteiger partial charge in [0.2, 0.25) is 5.24 Å². The second-order valence-corrected chi connectivity index (χ2v) is 2.49. The van der Waals surface area contributed by atoms with E-state index in [9.17, 15) is 4.79 Å². The van der Waals surface area contributed by atoms with Gasteiger partial charge in [-0.25, -0.2) is 0 Å². The Labute approximate surface area is 67.1 Å². The lowest BCUT2D eigenvalue weighted by Crippen LogP contribution is -1.90. The first-order valence-electron chi connectivity index (χ1n) is 3.61. The van der Waals surface area contributed by atoms with E-state index in [1.165, 1.54) is 0 Å². The quantitative estimate of drug-likeness (QED) is 0.457. The van der Waals surface area contributed by atoms with Crippen LogP contribution in [0.1, 0.15) is 33.1 Å². The van der Waals surface area contributed by atoms with Gasteiger partial charge in [-0.2, -0.15) is 0 Å². The molecule has 0 aliphatic heterocycles. The summed E-state index contributed by atoms with van der Waals surface area (Å²) in [6, 6.07) is 0. The molecule has 0 rings (SSSR count). The summed E-state index contributed by atoms with van der Waals surface area (Å²) in [6.45, 7) is 4.00. The highest BCUT2D eigenvalue weighted by molar-refractivity contribution is 6.67. The molecule has 0 aliphatic rings. The molecule has 1 nitrogen and oxygen atoms in total. The van der Waals surface area contributed by atoms with Crippen LogP contribution in [-0.4, -0.2) is 5.24 Å². The molecule has 0 atom stereocenters. The Morgan fingerprint density at radius 2 is 2.10 bits per heavy atom. The van der Waals surface area contributed by atoms with Gasteiger partial charge in [0, 0.05) is 5.57 Å². The van der Waals surface area contributed by atoms with E-state index in [0.717, 1.165) is 24.8 Å². The lowest BCUT2D eigenvalue weighted by atomic mass is 10.2. The highest BCUT2D eigenvalue weighted by atomic mass is 35.5. The average Bonchev–Trinajstić information content (AvgIpc) is 1.89. The van der Waals surface area contributed by atoms with Crippen molar-refractivity contribution in [3.63, 3.8) is 0 Å². The number of hydrogen-bond donors (Lipinski definition) is 0. The first-order valence-corrected chi connectivity index (χ1v) is 3.99. The molecule has 0 saturated carbocycles. The van der Waals surface area contributed by atoms with Gasteiger partial charge < -0.3 is 0 Å². The van der Waals surface area contributed by atoms with Crippen LogP contribution in [0.2, 0.25) is 0 Å². The molecule has 0 spiro atoms. The fourth-order valence-corrected chi connectivity index (χ4v) is 0.893. The molecule has 0 amide bonds. The SMILES string of the molecule is CCCC=C(CC)C(=O)Cl. The number of carbonyl (C=O) groups excluding carboxylic acids is 1. The number of halogens is 1. The maximum Gasteiger partial charge on any atom is 0.248 e. The zero-order valence-corrected chi connectivity index (χ0v) is 7.24. The molecule has 0 radical (unpaired) electrons. The van der Waals surface area contributed by atoms with Gasteiger partial charge in [0.25, 0.3) is 0 Å². The summed E-state index contributed by atoms with van der Waals surface area (Å²) in [6.07, 6.45) is 4.66. The molecule has 0 fully saturated rings. The highest BCUT2D eigenvalue weighted by Crippen LogP contribution is 2.07. The zero-order chi connectivity index (χ0) is 7.98. The molecule has 0 aliphatic carbocycles. The van der Waals surface area contributed by atoms with Gasteiger partial charge in [-0.15, -0.1) is 0 Å². The largest absolute Gasteiger partial charge is 0.276 e. The number of rotatable bonds is 4. The third-order valence-corrected chi connectivity index (χ3v) is 1.56. The van der Waals surface area contributed by atoms with Gasteiger partial charge in [-0.05, 0) is 24.4 Å². The molecule has 58 valence electrons. The first kappa shape index (κ1) is 9.70. The summed E-state index contributed by atoms with van der Waals surface area (Å²) < 4.78 is 0. The predicted octanol–water partition coefficient (Wildman–Crippen LogP) is 2.89. The number of carbonyl (C=O) groups is 1. The van der Waals surface area contributed by atoms with Crippen LogP contribution in [0.25, 0.3) is 0 Å². The molecule has 0 aromatic carbocycles. The van der Waals surface area contributed by atoms with Crippen LogP contribution in [0.5, 0.6) is 0 Å². The van der Waals surface area contributed by atoms with Gasteiger partial charge in [-0.1, -0.05) is 26.3 Å². The number of unbranched alkanes of at least 4 members (excludes halogenated alkanes) is 1. The minimum atomic E-state index is -0.309. The van der Waals surface area contributed by atoms with E-state index in [0.29, 0.717) is 0 Å². The normalized spacial score (nSPS) is 11.7. The summed E-state index contributed by atoms with van der Waals surface area (Å²) in [7, 11) is 0. The van der Waals surface area contributed by atoms with Gasteiger partial charge in [0.1, 0.15) is 0 Å². The predicted molar refractivity (Wildman–Crippen MR) is 44.1 cm³/mol. The van der Waals surface area contributed by atoms with Gasteiger partial charge in [0.05, 0.1) is 0 Å². The standard InChI is InChI=1S/C8H13ClO/c1-3-5-6-7(4-2)8(9)10/h6H,3-5H2,1-2H3. The van der Waals surface area contributed by atoms with Gasteiger partial charge >= 0.3 is 0 Å². The van der Waals surface area contributed by atoms with Crippen molar-refractivity contribution in [2.45, 2.75) is 33.1 Å². The van der Waals surface area contributed by atoms with E-state index in [4.69, 9.17) is 11.6 Å². The van der Waals surface area contributed by atoms with Crippen molar-refractivity contribution in [1.82, 2.24) is 0 Å². The van der Waals surface area contributed by atoms with Crippen molar-refractivity contribution in [2.24, 2.45) is 0 Å². The van der Waals surface area contributed by atoms with Crippen LogP contribution >= 0.6 is 11.6 Å². The Hall–Kier alpha value is -0.300. The Kier molecular flexibility index (Phi) is 5.32. The molecule has 0 bridgehead atoms. The van der Waals surface area contributed by atoms with Crippen molar-refractivity contribution in [2.75, 3.05) is 0 Å². The van der Waals surface area contributed by atoms with Gasteiger partial charge in [-0.3, -0.25) is 4.79 Å². The maximum absolute atomic E-state index is 10.6. The average molecular weight is 161 g/mol. The number of allylic oxidation sites excluding steroid dienone is 2. The van der Waals surface area contributed by atoms with Crippen molar-refractivity contribution in [3.05, 3.63) is 11.6 Å². The van der Waals surface area contributed by atoms with E-state index in [1.54, 1.807) is 0 Å². The summed E-state index contributed by atoms with van der Waals surface area (Å²) in [4.78, 5) is 10.6. The smallest absolute Gasteiger partial charge is 0.248 e. The molecule has 0 saturated heterocycles. The van der Waals surface area contributed by atoms with Crippen molar-refractivity contribution < 1.29 is 4.79 Å². The summed E-state index contributed by atoms with van der Waals surface area (Å²) in [5, 5.41) is -0.309. The monoisotopic (exact) mass is 160 g/mol. The van der Waals surface area contributed by atoms with Crippen LogP contribution in [0, 0.1) is 0 Å². The van der Waals surface area contributed by atoms with Crippen LogP contribution < -0.4 is 0 Å². The molecule has 0 N–H and O–H groups in total. The van der Waals surface area contributed by atoms with Crippen LogP contribution in [0.4, 0.5) is 0 Å². The Bertz CT molecular complexity index is 138. The van der Waals surface area contributed by atoms with Crippen molar-refractivity contribution in [3.8, 4) is 0 Å². The fraction of sp³-hybridized carbons (Fsp3) is 0.625. The maximum atomic E-state index is 10.6. The molecule has 10 heavy (non-hydrogen) atoms. The van der Waals surface area contributed by atoms with E-state index in [1.807, 2.05) is 13.0 Å². The number of hydrogen-bond acceptors (Lipinski definition) is 1. The minimum Gasteiger partial charge on any atom is -0.276 e.